The number of aromatic nitrogens is 6. The molecule has 3 aromatic heterocycles. The zero-order valence-corrected chi connectivity index (χ0v) is 55.5. The predicted molar refractivity (Wildman–Crippen MR) is 347 cm³/mol. The zero-order chi connectivity index (χ0) is 65.0. The van der Waals surface area contributed by atoms with Crippen LogP contribution in [0.3, 0.4) is 0 Å². The van der Waals surface area contributed by atoms with E-state index in [1.165, 1.54) is 31.2 Å². The van der Waals surface area contributed by atoms with Crippen LogP contribution in [0.15, 0.2) is 60.7 Å². The first kappa shape index (κ1) is 67.1. The summed E-state index contributed by atoms with van der Waals surface area (Å²) in [6.45, 7) is 23.4. The van der Waals surface area contributed by atoms with Gasteiger partial charge in [-0.3, -0.25) is 14.0 Å². The number of carbonyl (C=O) groups is 3. The summed E-state index contributed by atoms with van der Waals surface area (Å²) in [7, 11) is 5.42. The molecule has 0 saturated heterocycles. The van der Waals surface area contributed by atoms with Crippen molar-refractivity contribution in [3.63, 3.8) is 0 Å². The monoisotopic (exact) mass is 1240 g/mol. The average Bonchev–Trinajstić information content (AvgIpc) is 1.58. The van der Waals surface area contributed by atoms with Crippen molar-refractivity contribution in [3.8, 4) is 50.6 Å². The van der Waals surface area contributed by atoms with Crippen molar-refractivity contribution >= 4 is 24.0 Å². The fourth-order valence-electron chi connectivity index (χ4n) is 12.0. The number of aryl methyl sites for hydroxylation is 8. The Morgan fingerprint density at radius 2 is 0.911 bits per heavy atom. The number of nitrogens with zero attached hydrogens (tertiary/aromatic N) is 6. The van der Waals surface area contributed by atoms with E-state index in [0.29, 0.717) is 28.9 Å². The number of carboxylic acids is 3. The number of fused-ring (bicyclic) bond motifs is 3. The Balaban J connectivity index is 0.000000160. The van der Waals surface area contributed by atoms with Crippen LogP contribution in [-0.4, -0.2) is 99.2 Å². The molecule has 3 N–H and O–H groups in total. The summed E-state index contributed by atoms with van der Waals surface area (Å²) in [5.74, 6) is 1.63. The van der Waals surface area contributed by atoms with Gasteiger partial charge in [-0.05, 0) is 233 Å². The van der Waals surface area contributed by atoms with E-state index < -0.39 is 53.0 Å². The molecule has 3 unspecified atom stereocenters. The van der Waals surface area contributed by atoms with Gasteiger partial charge in [-0.15, -0.1) is 0 Å². The molecule has 3 aromatic carbocycles. The fraction of sp³-hybridized carbons (Fsp3) is 0.556. The van der Waals surface area contributed by atoms with Gasteiger partial charge in [0.25, 0.3) is 0 Å². The highest BCUT2D eigenvalue weighted by molar-refractivity contribution is 5.84. The van der Waals surface area contributed by atoms with Crippen molar-refractivity contribution in [3.05, 3.63) is 112 Å². The summed E-state index contributed by atoms with van der Waals surface area (Å²) in [5, 5.41) is 44.3. The summed E-state index contributed by atoms with van der Waals surface area (Å²) in [6, 6.07) is 18.4. The third-order valence-corrected chi connectivity index (χ3v) is 16.5. The van der Waals surface area contributed by atoms with Gasteiger partial charge in [-0.1, -0.05) is 51.0 Å². The number of aliphatic carboxylic acids is 3. The number of carboxylic acid groups (broad SMARTS) is 3. The summed E-state index contributed by atoms with van der Waals surface area (Å²) >= 11 is 0. The topological polar surface area (TPSA) is 221 Å². The standard InChI is InChI=1S/C24H32N2O4.C24H30N2O4.C24H34N2O4/c2*1-24(2,3)30-22(23(27)28)21-20(18(25-26(21)4)11-9-15-7-8-15)17-10-12-19-16(14-17)6-5-13-29-19;1-15(2)9-11-18-20(17-10-12-19-16(14-17)8-7-13-29-19)21(26(6)25-18)22(23(27)28)30-24(3,4)5/h10,12,14-15,22H,5-9,11,13H2,1-4H3,(H,27,28);9-12,14-15,22H,5-8,13H2,1-4H3,(H,27,28);10,12,14-15,22H,7-9,11,13H2,1-6H3,(H,27,28)/b;11-9+;. The van der Waals surface area contributed by atoms with Gasteiger partial charge in [0.1, 0.15) is 17.2 Å². The van der Waals surface area contributed by atoms with E-state index in [2.05, 4.69) is 43.2 Å². The van der Waals surface area contributed by atoms with E-state index in [4.69, 9.17) is 38.6 Å². The van der Waals surface area contributed by atoms with Gasteiger partial charge >= 0.3 is 17.9 Å². The summed E-state index contributed by atoms with van der Waals surface area (Å²) in [5.41, 5.74) is 11.6. The highest BCUT2D eigenvalue weighted by Crippen LogP contribution is 2.44. The molecule has 11 rings (SSSR count). The molecule has 2 aliphatic carbocycles. The molecule has 2 fully saturated rings. The third-order valence-electron chi connectivity index (χ3n) is 16.5. The summed E-state index contributed by atoms with van der Waals surface area (Å²) in [4.78, 5) is 36.7. The highest BCUT2D eigenvalue weighted by Gasteiger charge is 2.38. The zero-order valence-electron chi connectivity index (χ0n) is 55.5. The van der Waals surface area contributed by atoms with Crippen molar-refractivity contribution in [2.45, 2.75) is 201 Å². The normalized spacial score (nSPS) is 16.7. The van der Waals surface area contributed by atoms with Gasteiger partial charge in [-0.2, -0.15) is 15.3 Å². The van der Waals surface area contributed by atoms with Crippen molar-refractivity contribution in [1.82, 2.24) is 29.3 Å². The number of hydrogen-bond donors (Lipinski definition) is 3. The lowest BCUT2D eigenvalue weighted by Gasteiger charge is -2.26. The molecule has 0 spiro atoms. The average molecular weight is 1240 g/mol. The minimum absolute atomic E-state index is 0.529. The van der Waals surface area contributed by atoms with E-state index in [0.717, 1.165) is 169 Å². The quantitative estimate of drug-likeness (QED) is 0.0647. The lowest BCUT2D eigenvalue weighted by Crippen LogP contribution is -2.29. The van der Waals surface area contributed by atoms with Gasteiger partial charge < -0.3 is 43.7 Å². The van der Waals surface area contributed by atoms with Crippen LogP contribution in [-0.2, 0) is 81.8 Å². The Morgan fingerprint density at radius 3 is 1.27 bits per heavy atom. The molecule has 3 aliphatic heterocycles. The lowest BCUT2D eigenvalue weighted by molar-refractivity contribution is -0.161. The van der Waals surface area contributed by atoms with Crippen LogP contribution >= 0.6 is 0 Å². The number of benzene rings is 3. The van der Waals surface area contributed by atoms with Crippen LogP contribution in [0, 0.1) is 17.8 Å². The lowest BCUT2D eigenvalue weighted by atomic mass is 9.93. The second kappa shape index (κ2) is 28.1. The molecule has 18 nitrogen and oxygen atoms in total. The van der Waals surface area contributed by atoms with E-state index in [-0.39, 0.29) is 0 Å². The second-order valence-electron chi connectivity index (χ2n) is 28.2. The maximum Gasteiger partial charge on any atom is 0.339 e. The van der Waals surface area contributed by atoms with Crippen LogP contribution in [0.5, 0.6) is 17.2 Å². The largest absolute Gasteiger partial charge is 0.493 e. The van der Waals surface area contributed by atoms with E-state index >= 15 is 0 Å². The van der Waals surface area contributed by atoms with Crippen LogP contribution < -0.4 is 14.2 Å². The molecule has 6 heterocycles. The predicted octanol–water partition coefficient (Wildman–Crippen LogP) is 14.4. The molecule has 0 bridgehead atoms. The van der Waals surface area contributed by atoms with Gasteiger partial charge in [0.15, 0.2) is 18.3 Å². The first-order chi connectivity index (χ1) is 42.5. The molecule has 18 heteroatoms. The van der Waals surface area contributed by atoms with Gasteiger partial charge in [0.2, 0.25) is 0 Å². The summed E-state index contributed by atoms with van der Waals surface area (Å²) < 4.78 is 40.3. The van der Waals surface area contributed by atoms with Crippen molar-refractivity contribution in [1.29, 1.82) is 0 Å². The fourth-order valence-corrected chi connectivity index (χ4v) is 12.0. The smallest absolute Gasteiger partial charge is 0.339 e. The van der Waals surface area contributed by atoms with E-state index in [9.17, 15) is 29.7 Å². The van der Waals surface area contributed by atoms with Gasteiger partial charge in [0, 0.05) is 37.8 Å². The Kier molecular flexibility index (Phi) is 20.9. The molecule has 6 aromatic rings. The number of allylic oxidation sites excluding steroid dienone is 1. The Labute approximate surface area is 531 Å². The maximum atomic E-state index is 12.2. The molecular weight excluding hydrogens is 1140 g/mol. The minimum Gasteiger partial charge on any atom is -0.493 e. The number of hydrogen-bond acceptors (Lipinski definition) is 12. The van der Waals surface area contributed by atoms with Crippen molar-refractivity contribution in [2.24, 2.45) is 38.9 Å². The van der Waals surface area contributed by atoms with Crippen LogP contribution in [0.2, 0.25) is 0 Å². The first-order valence-electron chi connectivity index (χ1n) is 32.4. The van der Waals surface area contributed by atoms with Crippen LogP contribution in [0.25, 0.3) is 39.5 Å². The molecule has 3 atom stereocenters. The highest BCUT2D eigenvalue weighted by atomic mass is 16.5. The number of rotatable bonds is 20. The Morgan fingerprint density at radius 1 is 0.544 bits per heavy atom. The molecule has 5 aliphatic rings. The van der Waals surface area contributed by atoms with Gasteiger partial charge in [-0.25, -0.2) is 14.4 Å². The molecule has 2 saturated carbocycles. The first-order valence-corrected chi connectivity index (χ1v) is 32.4. The Hall–Kier alpha value is -7.28. The van der Waals surface area contributed by atoms with Crippen LogP contribution in [0.1, 0.15) is 203 Å². The molecular formula is C72H96N6O12. The maximum absolute atomic E-state index is 12.2. The Bertz CT molecular complexity index is 3420. The third kappa shape index (κ3) is 17.2. The molecule has 0 amide bonds. The summed E-state index contributed by atoms with van der Waals surface area (Å²) in [6.07, 6.45) is 15.4. The van der Waals surface area contributed by atoms with Crippen molar-refractivity contribution < 1.29 is 58.1 Å². The molecule has 90 heavy (non-hydrogen) atoms. The van der Waals surface area contributed by atoms with E-state index in [1.807, 2.05) is 112 Å². The molecule has 486 valence electrons. The SMILES string of the molecule is CC(C)CCc1nn(C)c(C(OC(C)(C)C)C(=O)O)c1-c1ccc2c(c1)CCCO2.Cn1nc(/C=C/C2CC2)c(-c2ccc3c(c2)CCCO3)c1C(OC(C)(C)C)C(=O)O.Cn1nc(CCC2CC2)c(-c2ccc3c(c2)CCCO3)c1C(OC(C)(C)C)C(=O)O. The second-order valence-corrected chi connectivity index (χ2v) is 28.2. The van der Waals surface area contributed by atoms with E-state index in [1.54, 1.807) is 28.1 Å². The van der Waals surface area contributed by atoms with Crippen LogP contribution in [0.4, 0.5) is 0 Å². The van der Waals surface area contributed by atoms with Crippen molar-refractivity contribution in [2.75, 3.05) is 19.8 Å². The van der Waals surface area contributed by atoms with Gasteiger partial charge in [0.05, 0.1) is 70.8 Å². The minimum atomic E-state index is -1.12. The number of ether oxygens (including phenoxy) is 6. The molecule has 0 radical (unpaired) electrons.